The molecule has 6 heteroatoms. The summed E-state index contributed by atoms with van der Waals surface area (Å²) in [5.74, 6) is 0.975. The lowest BCUT2D eigenvalue weighted by Gasteiger charge is -2.28. The summed E-state index contributed by atoms with van der Waals surface area (Å²) in [6, 6.07) is 11.6. The molecule has 0 radical (unpaired) electrons. The van der Waals surface area contributed by atoms with Crippen molar-refractivity contribution >= 4 is 5.91 Å². The van der Waals surface area contributed by atoms with Crippen LogP contribution in [0.4, 0.5) is 0 Å². The fraction of sp³-hybridized carbons (Fsp3) is 0.500. The summed E-state index contributed by atoms with van der Waals surface area (Å²) in [6.45, 7) is 2.64. The van der Waals surface area contributed by atoms with Crippen LogP contribution in [0.5, 0.6) is 5.75 Å². The number of amides is 1. The van der Waals surface area contributed by atoms with E-state index in [0.29, 0.717) is 30.3 Å². The molecule has 0 saturated carbocycles. The normalized spacial score (nSPS) is 18.7. The van der Waals surface area contributed by atoms with Gasteiger partial charge in [0.2, 0.25) is 5.91 Å². The number of nitrogens with zero attached hydrogens (tertiary/aromatic N) is 2. The van der Waals surface area contributed by atoms with E-state index >= 15 is 0 Å². The number of methoxy groups -OCH3 is 1. The molecule has 1 aromatic heterocycles. The highest BCUT2D eigenvalue weighted by Gasteiger charge is 2.29. The van der Waals surface area contributed by atoms with E-state index in [1.807, 2.05) is 0 Å². The fourth-order valence-electron chi connectivity index (χ4n) is 4.68. The lowest BCUT2D eigenvalue weighted by atomic mass is 10.0. The van der Waals surface area contributed by atoms with Crippen molar-refractivity contribution < 1.29 is 14.6 Å². The number of carbonyl (C=O) groups excluding carboxylic acids is 1. The number of ether oxygens (including phenoxy) is 1. The van der Waals surface area contributed by atoms with Gasteiger partial charge in [-0.1, -0.05) is 24.3 Å². The summed E-state index contributed by atoms with van der Waals surface area (Å²) < 4.78 is 5.16. The molecule has 2 N–H and O–H groups in total. The minimum atomic E-state index is -0.860. The molecule has 4 rings (SSSR count). The number of hydrogen-bond acceptors (Lipinski definition) is 5. The molecule has 1 saturated heterocycles. The van der Waals surface area contributed by atoms with Gasteiger partial charge in [0, 0.05) is 13.0 Å². The molecule has 2 aliphatic rings. The molecule has 2 aromatic rings. The Bertz CT molecular complexity index is 824. The van der Waals surface area contributed by atoms with E-state index in [2.05, 4.69) is 39.5 Å². The summed E-state index contributed by atoms with van der Waals surface area (Å²) in [5.41, 5.74) is 3.26. The molecular weight excluding hydrogens is 378 g/mol. The van der Waals surface area contributed by atoms with Gasteiger partial charge in [-0.05, 0) is 68.0 Å². The molecule has 2 heterocycles. The molecule has 1 aromatic carbocycles. The maximum atomic E-state index is 12.9. The van der Waals surface area contributed by atoms with Crippen LogP contribution < -0.4 is 10.1 Å². The zero-order valence-corrected chi connectivity index (χ0v) is 17.6. The Hall–Kier alpha value is -2.44. The topological polar surface area (TPSA) is 74.7 Å². The number of hydrogen-bond donors (Lipinski definition) is 2. The Morgan fingerprint density at radius 3 is 2.50 bits per heavy atom. The Kier molecular flexibility index (Phi) is 6.65. The Balaban J connectivity index is 1.40. The van der Waals surface area contributed by atoms with Gasteiger partial charge in [0.25, 0.3) is 0 Å². The zero-order chi connectivity index (χ0) is 20.9. The summed E-state index contributed by atoms with van der Waals surface area (Å²) in [5, 5.41) is 14.1. The highest BCUT2D eigenvalue weighted by atomic mass is 16.5. The van der Waals surface area contributed by atoms with Crippen LogP contribution in [-0.2, 0) is 17.6 Å². The Labute approximate surface area is 178 Å². The van der Waals surface area contributed by atoms with Gasteiger partial charge in [0.1, 0.15) is 11.9 Å². The van der Waals surface area contributed by atoms with Crippen molar-refractivity contribution in [2.24, 2.45) is 5.92 Å². The van der Waals surface area contributed by atoms with E-state index in [0.717, 1.165) is 38.8 Å². The molecule has 30 heavy (non-hydrogen) atoms. The molecule has 6 nitrogen and oxygen atoms in total. The van der Waals surface area contributed by atoms with Crippen LogP contribution in [0.15, 0.2) is 42.6 Å². The molecule has 160 valence electrons. The van der Waals surface area contributed by atoms with Gasteiger partial charge in [0.05, 0.1) is 25.0 Å². The minimum Gasteiger partial charge on any atom is -0.495 e. The van der Waals surface area contributed by atoms with Gasteiger partial charge >= 0.3 is 0 Å². The molecule has 2 atom stereocenters. The van der Waals surface area contributed by atoms with Gasteiger partial charge in [-0.15, -0.1) is 0 Å². The van der Waals surface area contributed by atoms with E-state index in [4.69, 9.17) is 4.74 Å². The number of nitrogens with one attached hydrogen (secondary N) is 1. The number of pyridine rings is 1. The van der Waals surface area contributed by atoms with Crippen molar-refractivity contribution in [1.82, 2.24) is 15.2 Å². The first kappa shape index (κ1) is 20.8. The second-order valence-corrected chi connectivity index (χ2v) is 8.50. The zero-order valence-electron chi connectivity index (χ0n) is 17.6. The number of aliphatic hydroxyl groups is 1. The fourth-order valence-corrected chi connectivity index (χ4v) is 4.68. The van der Waals surface area contributed by atoms with Crippen LogP contribution in [0, 0.1) is 5.92 Å². The van der Waals surface area contributed by atoms with Crippen molar-refractivity contribution in [3.05, 3.63) is 59.4 Å². The molecule has 0 unspecified atom stereocenters. The summed E-state index contributed by atoms with van der Waals surface area (Å²) >= 11 is 0. The van der Waals surface area contributed by atoms with Crippen molar-refractivity contribution in [2.75, 3.05) is 26.7 Å². The number of rotatable bonds is 8. The van der Waals surface area contributed by atoms with Crippen LogP contribution in [0.2, 0.25) is 0 Å². The van der Waals surface area contributed by atoms with Crippen molar-refractivity contribution in [3.8, 4) is 5.75 Å². The third kappa shape index (κ3) is 4.99. The number of likely N-dealkylation sites (tertiary alicyclic amines) is 1. The van der Waals surface area contributed by atoms with E-state index in [9.17, 15) is 9.90 Å². The quantitative estimate of drug-likeness (QED) is 0.701. The molecule has 1 fully saturated rings. The van der Waals surface area contributed by atoms with Gasteiger partial charge in [0.15, 0.2) is 0 Å². The Morgan fingerprint density at radius 2 is 1.90 bits per heavy atom. The van der Waals surface area contributed by atoms with Crippen LogP contribution >= 0.6 is 0 Å². The van der Waals surface area contributed by atoms with Crippen molar-refractivity contribution in [3.63, 3.8) is 0 Å². The van der Waals surface area contributed by atoms with Crippen LogP contribution in [-0.4, -0.2) is 53.7 Å². The average Bonchev–Trinajstić information content (AvgIpc) is 3.42. The van der Waals surface area contributed by atoms with E-state index in [-0.39, 0.29) is 11.9 Å². The predicted octanol–water partition coefficient (Wildman–Crippen LogP) is 2.51. The van der Waals surface area contributed by atoms with Gasteiger partial charge < -0.3 is 20.1 Å². The van der Waals surface area contributed by atoms with E-state index in [1.165, 1.54) is 11.1 Å². The number of benzene rings is 1. The first-order chi connectivity index (χ1) is 14.6. The van der Waals surface area contributed by atoms with Crippen LogP contribution in [0.25, 0.3) is 0 Å². The van der Waals surface area contributed by atoms with E-state index < -0.39 is 6.10 Å². The molecule has 1 aliphatic heterocycles. The second kappa shape index (κ2) is 9.58. The summed E-state index contributed by atoms with van der Waals surface area (Å²) in [6.07, 6.45) is 5.44. The molecule has 1 amide bonds. The number of fused-ring (bicyclic) bond motifs is 1. The first-order valence-corrected chi connectivity index (χ1v) is 10.9. The maximum Gasteiger partial charge on any atom is 0.220 e. The minimum absolute atomic E-state index is 0.00423. The van der Waals surface area contributed by atoms with Crippen LogP contribution in [0.1, 0.15) is 42.2 Å². The summed E-state index contributed by atoms with van der Waals surface area (Å²) in [7, 11) is 1.59. The van der Waals surface area contributed by atoms with Crippen molar-refractivity contribution in [2.45, 2.75) is 44.2 Å². The number of carbonyl (C=O) groups is 1. The lowest BCUT2D eigenvalue weighted by molar-refractivity contribution is -0.123. The smallest absolute Gasteiger partial charge is 0.220 e. The van der Waals surface area contributed by atoms with Crippen molar-refractivity contribution in [1.29, 1.82) is 0 Å². The monoisotopic (exact) mass is 409 g/mol. The van der Waals surface area contributed by atoms with Crippen LogP contribution in [0.3, 0.4) is 0 Å². The third-order valence-corrected chi connectivity index (χ3v) is 6.29. The largest absolute Gasteiger partial charge is 0.495 e. The van der Waals surface area contributed by atoms with Gasteiger partial charge in [-0.3, -0.25) is 9.78 Å². The molecule has 1 aliphatic carbocycles. The van der Waals surface area contributed by atoms with Gasteiger partial charge in [-0.2, -0.15) is 0 Å². The first-order valence-electron chi connectivity index (χ1n) is 10.9. The highest BCUT2D eigenvalue weighted by molar-refractivity contribution is 5.76. The maximum absolute atomic E-state index is 12.9. The predicted molar refractivity (Wildman–Crippen MR) is 115 cm³/mol. The lowest BCUT2D eigenvalue weighted by Crippen LogP contribution is -2.47. The second-order valence-electron chi connectivity index (χ2n) is 8.50. The highest BCUT2D eigenvalue weighted by Crippen LogP contribution is 2.29. The standard InChI is InChI=1S/C24H31N3O3/c1-30-20-8-9-21(25-15-20)24(29)22(16-27-10-4-5-11-27)26-23(28)14-17-12-18-6-2-3-7-19(18)13-17/h2-3,6-9,15,17,22,24,29H,4-5,10-14,16H2,1H3,(H,26,28)/t22-,24-/m1/s1. The van der Waals surface area contributed by atoms with E-state index in [1.54, 1.807) is 25.4 Å². The number of aliphatic hydroxyl groups excluding tert-OH is 1. The SMILES string of the molecule is COc1ccc([C@@H](O)[C@@H](CN2CCCC2)NC(=O)CC2Cc3ccccc3C2)nc1. The average molecular weight is 410 g/mol. The molecule has 0 spiro atoms. The number of aromatic nitrogens is 1. The molecular formula is C24H31N3O3. The van der Waals surface area contributed by atoms with Gasteiger partial charge in [-0.25, -0.2) is 0 Å². The third-order valence-electron chi connectivity index (χ3n) is 6.29. The summed E-state index contributed by atoms with van der Waals surface area (Å²) in [4.78, 5) is 19.5. The Morgan fingerprint density at radius 1 is 1.20 bits per heavy atom. The molecule has 0 bridgehead atoms.